The third-order valence-electron chi connectivity index (χ3n) is 4.43. The zero-order valence-corrected chi connectivity index (χ0v) is 17.6. The summed E-state index contributed by atoms with van der Waals surface area (Å²) in [4.78, 5) is 28.1. The minimum absolute atomic E-state index is 0.146. The van der Waals surface area contributed by atoms with Gasteiger partial charge in [0.05, 0.1) is 6.61 Å². The maximum Gasteiger partial charge on any atom is 0.269 e. The lowest BCUT2D eigenvalue weighted by Gasteiger charge is -2.10. The molecule has 2 amide bonds. The molecule has 0 aliphatic rings. The molecule has 2 aromatic carbocycles. The first kappa shape index (κ1) is 21.8. The van der Waals surface area contributed by atoms with E-state index in [2.05, 4.69) is 15.6 Å². The van der Waals surface area contributed by atoms with Crippen molar-refractivity contribution in [1.82, 2.24) is 15.6 Å². The first-order valence-corrected chi connectivity index (χ1v) is 10.0. The van der Waals surface area contributed by atoms with E-state index < -0.39 is 0 Å². The van der Waals surface area contributed by atoms with Crippen LogP contribution in [-0.4, -0.2) is 37.0 Å². The van der Waals surface area contributed by atoms with Crippen LogP contribution in [0.2, 0.25) is 0 Å². The number of hydrogen-bond acceptors (Lipinski definition) is 5. The highest BCUT2D eigenvalue weighted by Crippen LogP contribution is 2.22. The maximum absolute atomic E-state index is 12.4. The summed E-state index contributed by atoms with van der Waals surface area (Å²) in [7, 11) is 1.55. The van der Waals surface area contributed by atoms with Crippen LogP contribution in [0.4, 0.5) is 0 Å². The fraction of sp³-hybridized carbons (Fsp3) is 0.208. The van der Waals surface area contributed by atoms with Crippen LogP contribution >= 0.6 is 0 Å². The topological polar surface area (TPSA) is 89.6 Å². The summed E-state index contributed by atoms with van der Waals surface area (Å²) in [5.74, 6) is 1.42. The zero-order valence-electron chi connectivity index (χ0n) is 17.6. The molecule has 160 valence electrons. The number of nitrogens with zero attached hydrogens (tertiary/aromatic N) is 1. The molecule has 31 heavy (non-hydrogen) atoms. The molecule has 0 saturated carbocycles. The van der Waals surface area contributed by atoms with E-state index in [0.29, 0.717) is 42.4 Å². The zero-order chi connectivity index (χ0) is 22.1. The van der Waals surface area contributed by atoms with Crippen molar-refractivity contribution >= 4 is 11.8 Å². The van der Waals surface area contributed by atoms with Crippen molar-refractivity contribution in [2.75, 3.05) is 20.2 Å². The fourth-order valence-electron chi connectivity index (χ4n) is 2.94. The Morgan fingerprint density at radius 3 is 2.52 bits per heavy atom. The smallest absolute Gasteiger partial charge is 0.269 e. The summed E-state index contributed by atoms with van der Waals surface area (Å²) in [5.41, 5.74) is 1.86. The molecule has 0 aliphatic carbocycles. The van der Waals surface area contributed by atoms with E-state index in [1.807, 2.05) is 37.3 Å². The number of pyridine rings is 1. The molecule has 0 saturated heterocycles. The van der Waals surface area contributed by atoms with E-state index in [1.165, 1.54) is 6.20 Å². The number of nitrogens with one attached hydrogen (secondary N) is 2. The number of rotatable bonds is 9. The van der Waals surface area contributed by atoms with Crippen LogP contribution < -0.4 is 20.1 Å². The van der Waals surface area contributed by atoms with Gasteiger partial charge in [-0.3, -0.25) is 14.6 Å². The van der Waals surface area contributed by atoms with E-state index in [1.54, 1.807) is 37.4 Å². The fourth-order valence-corrected chi connectivity index (χ4v) is 2.94. The van der Waals surface area contributed by atoms with Crippen molar-refractivity contribution in [3.63, 3.8) is 0 Å². The quantitative estimate of drug-likeness (QED) is 0.553. The normalized spacial score (nSPS) is 10.3. The Morgan fingerprint density at radius 1 is 0.935 bits per heavy atom. The maximum atomic E-state index is 12.4. The van der Waals surface area contributed by atoms with Gasteiger partial charge in [-0.2, -0.15) is 0 Å². The van der Waals surface area contributed by atoms with Crippen LogP contribution in [0.1, 0.15) is 33.3 Å². The molecular weight excluding hydrogens is 394 g/mol. The summed E-state index contributed by atoms with van der Waals surface area (Å²) in [6, 6.07) is 18.0. The average molecular weight is 419 g/mol. The summed E-state index contributed by atoms with van der Waals surface area (Å²) in [6.07, 6.45) is 2.17. The molecule has 0 atom stereocenters. The number of amides is 2. The molecule has 1 aromatic heterocycles. The molecule has 7 nitrogen and oxygen atoms in total. The largest absolute Gasteiger partial charge is 0.494 e. The predicted molar refractivity (Wildman–Crippen MR) is 118 cm³/mol. The van der Waals surface area contributed by atoms with E-state index in [0.717, 1.165) is 5.56 Å². The first-order valence-electron chi connectivity index (χ1n) is 10.0. The molecule has 0 bridgehead atoms. The minimum Gasteiger partial charge on any atom is -0.494 e. The van der Waals surface area contributed by atoms with E-state index >= 15 is 0 Å². The van der Waals surface area contributed by atoms with Crippen LogP contribution in [0.5, 0.6) is 17.2 Å². The Balaban J connectivity index is 1.57. The molecule has 3 rings (SSSR count). The average Bonchev–Trinajstić information content (AvgIpc) is 2.79. The van der Waals surface area contributed by atoms with Gasteiger partial charge in [0.1, 0.15) is 22.9 Å². The summed E-state index contributed by atoms with van der Waals surface area (Å²) in [5, 5.41) is 5.46. The number of hydrogen-bond donors (Lipinski definition) is 2. The number of benzene rings is 2. The van der Waals surface area contributed by atoms with Gasteiger partial charge in [0, 0.05) is 31.4 Å². The molecule has 3 aromatic rings. The van der Waals surface area contributed by atoms with Crippen molar-refractivity contribution in [3.05, 3.63) is 83.7 Å². The van der Waals surface area contributed by atoms with Gasteiger partial charge < -0.3 is 20.1 Å². The monoisotopic (exact) mass is 419 g/mol. The van der Waals surface area contributed by atoms with Crippen molar-refractivity contribution in [3.8, 4) is 17.2 Å². The molecule has 0 spiro atoms. The molecule has 7 heteroatoms. The molecule has 0 radical (unpaired) electrons. The van der Waals surface area contributed by atoms with Gasteiger partial charge in [-0.25, -0.2) is 0 Å². The van der Waals surface area contributed by atoms with Crippen LogP contribution in [0.25, 0.3) is 0 Å². The Morgan fingerprint density at radius 2 is 1.71 bits per heavy atom. The number of carbonyl (C=O) groups excluding carboxylic acids is 2. The molecular formula is C24H25N3O4. The van der Waals surface area contributed by atoms with Crippen LogP contribution in [0.3, 0.4) is 0 Å². The molecule has 0 unspecified atom stereocenters. The van der Waals surface area contributed by atoms with Crippen LogP contribution in [0.15, 0.2) is 66.9 Å². The van der Waals surface area contributed by atoms with Crippen LogP contribution in [-0.2, 0) is 6.42 Å². The summed E-state index contributed by atoms with van der Waals surface area (Å²) >= 11 is 0. The second-order valence-corrected chi connectivity index (χ2v) is 6.67. The van der Waals surface area contributed by atoms with Gasteiger partial charge in [-0.05, 0) is 55.3 Å². The second kappa shape index (κ2) is 10.8. The van der Waals surface area contributed by atoms with E-state index in [-0.39, 0.29) is 17.5 Å². The lowest BCUT2D eigenvalue weighted by molar-refractivity contribution is 0.0947. The van der Waals surface area contributed by atoms with Crippen molar-refractivity contribution in [2.45, 2.75) is 13.3 Å². The van der Waals surface area contributed by atoms with E-state index in [9.17, 15) is 9.59 Å². The molecule has 0 fully saturated rings. The van der Waals surface area contributed by atoms with Crippen LogP contribution in [0, 0.1) is 0 Å². The van der Waals surface area contributed by atoms with E-state index in [4.69, 9.17) is 9.47 Å². The lowest BCUT2D eigenvalue weighted by atomic mass is 10.1. The Bertz CT molecular complexity index is 1050. The van der Waals surface area contributed by atoms with Gasteiger partial charge in [0.15, 0.2) is 0 Å². The first-order chi connectivity index (χ1) is 15.1. The minimum atomic E-state index is -0.276. The number of aromatic nitrogens is 1. The van der Waals surface area contributed by atoms with Gasteiger partial charge >= 0.3 is 0 Å². The second-order valence-electron chi connectivity index (χ2n) is 6.67. The van der Waals surface area contributed by atoms with Crippen molar-refractivity contribution in [2.24, 2.45) is 0 Å². The Kier molecular flexibility index (Phi) is 7.59. The summed E-state index contributed by atoms with van der Waals surface area (Å²) in [6.45, 7) is 2.94. The third-order valence-corrected chi connectivity index (χ3v) is 4.43. The molecule has 2 N–H and O–H groups in total. The van der Waals surface area contributed by atoms with Crippen molar-refractivity contribution < 1.29 is 19.1 Å². The number of carbonyl (C=O) groups is 2. The molecule has 1 heterocycles. The van der Waals surface area contributed by atoms with Gasteiger partial charge in [0.25, 0.3) is 11.8 Å². The highest BCUT2D eigenvalue weighted by Gasteiger charge is 2.08. The predicted octanol–water partition coefficient (Wildman–Crippen LogP) is 3.60. The Hall–Kier alpha value is -3.87. The SMILES string of the molecule is CCOc1cccc(C(=O)NCCc2cccc(Oc3ccnc(C(=O)NC)c3)c2)c1. The van der Waals surface area contributed by atoms with Gasteiger partial charge in [0.2, 0.25) is 0 Å². The molecule has 0 aliphatic heterocycles. The highest BCUT2D eigenvalue weighted by molar-refractivity contribution is 5.94. The summed E-state index contributed by atoms with van der Waals surface area (Å²) < 4.78 is 11.3. The highest BCUT2D eigenvalue weighted by atomic mass is 16.5. The standard InChI is InChI=1S/C24H25N3O4/c1-3-30-19-8-5-7-18(15-19)23(28)27-12-10-17-6-4-9-20(14-17)31-21-11-13-26-22(16-21)24(29)25-2/h4-9,11,13-16H,3,10,12H2,1-2H3,(H,25,29)(H,27,28). The van der Waals surface area contributed by atoms with Crippen molar-refractivity contribution in [1.29, 1.82) is 0 Å². The van der Waals surface area contributed by atoms with Gasteiger partial charge in [-0.1, -0.05) is 18.2 Å². The Labute approximate surface area is 181 Å². The lowest BCUT2D eigenvalue weighted by Crippen LogP contribution is -2.25. The number of ether oxygens (including phenoxy) is 2. The third kappa shape index (κ3) is 6.30. The van der Waals surface area contributed by atoms with Gasteiger partial charge in [-0.15, -0.1) is 0 Å².